The monoisotopic (exact) mass is 442 g/mol. The van der Waals surface area contributed by atoms with Crippen molar-refractivity contribution in [3.05, 3.63) is 53.4 Å². The van der Waals surface area contributed by atoms with Gasteiger partial charge in [-0.3, -0.25) is 9.88 Å². The van der Waals surface area contributed by atoms with E-state index in [1.807, 2.05) is 13.0 Å². The number of halogens is 3. The summed E-state index contributed by atoms with van der Waals surface area (Å²) in [4.78, 5) is 18.2. The molecule has 32 heavy (non-hydrogen) atoms. The zero-order valence-corrected chi connectivity index (χ0v) is 17.9. The first-order chi connectivity index (χ1) is 15.4. The van der Waals surface area contributed by atoms with Crippen LogP contribution in [-0.4, -0.2) is 58.2 Å². The molecule has 3 aromatic rings. The lowest BCUT2D eigenvalue weighted by Gasteiger charge is -2.37. The maximum atomic E-state index is 14.0. The minimum absolute atomic E-state index is 0.0566. The highest BCUT2D eigenvalue weighted by atomic mass is 19.1. The molecule has 0 bridgehead atoms. The van der Waals surface area contributed by atoms with E-state index < -0.39 is 17.8 Å². The summed E-state index contributed by atoms with van der Waals surface area (Å²) in [5.74, 6) is 0.311. The highest BCUT2D eigenvalue weighted by Crippen LogP contribution is 2.31. The van der Waals surface area contributed by atoms with Gasteiger partial charge in [0.1, 0.15) is 23.3 Å². The van der Waals surface area contributed by atoms with Crippen molar-refractivity contribution in [3.63, 3.8) is 0 Å². The van der Waals surface area contributed by atoms with Crippen LogP contribution < -0.4 is 10.2 Å². The third kappa shape index (κ3) is 4.34. The molecule has 0 spiro atoms. The number of hydrogen-bond donors (Lipinski definition) is 1. The molecule has 5 rings (SSSR count). The SMILES string of the molecule is Cc1cc2nc(N[C@H]3C[C@H](F)C3)c(N3CCN(Cc4ccc(F)cc4F)CC3)nc2cn1. The summed E-state index contributed by atoms with van der Waals surface area (Å²) < 4.78 is 40.6. The lowest BCUT2D eigenvalue weighted by molar-refractivity contribution is 0.192. The number of hydrogen-bond acceptors (Lipinski definition) is 6. The van der Waals surface area contributed by atoms with Gasteiger partial charge < -0.3 is 10.2 Å². The molecule has 2 fully saturated rings. The number of benzene rings is 1. The molecule has 2 aliphatic rings. The highest BCUT2D eigenvalue weighted by molar-refractivity contribution is 5.80. The molecule has 2 aromatic heterocycles. The molecule has 0 atom stereocenters. The maximum Gasteiger partial charge on any atom is 0.172 e. The van der Waals surface area contributed by atoms with Gasteiger partial charge >= 0.3 is 0 Å². The Labute approximate surface area is 184 Å². The largest absolute Gasteiger partial charge is 0.364 e. The Morgan fingerprint density at radius 2 is 1.81 bits per heavy atom. The van der Waals surface area contributed by atoms with Crippen LogP contribution in [0, 0.1) is 18.6 Å². The molecule has 3 heterocycles. The Hall–Kier alpha value is -2.94. The van der Waals surface area contributed by atoms with Gasteiger partial charge in [-0.1, -0.05) is 6.07 Å². The van der Waals surface area contributed by atoms with Crippen molar-refractivity contribution in [2.24, 2.45) is 0 Å². The number of nitrogens with one attached hydrogen (secondary N) is 1. The molecular formula is C23H25F3N6. The minimum Gasteiger partial charge on any atom is -0.364 e. The minimum atomic E-state index is -0.758. The van der Waals surface area contributed by atoms with Crippen LogP contribution in [0.25, 0.3) is 11.0 Å². The normalized spacial score (nSPS) is 21.6. The molecule has 9 heteroatoms. The zero-order valence-electron chi connectivity index (χ0n) is 17.9. The van der Waals surface area contributed by atoms with Crippen LogP contribution >= 0.6 is 0 Å². The zero-order chi connectivity index (χ0) is 22.2. The Kier molecular flexibility index (Phi) is 5.58. The van der Waals surface area contributed by atoms with Gasteiger partial charge in [-0.25, -0.2) is 23.1 Å². The van der Waals surface area contributed by atoms with E-state index in [9.17, 15) is 13.2 Å². The average Bonchev–Trinajstić information content (AvgIpc) is 2.75. The lowest BCUT2D eigenvalue weighted by Crippen LogP contribution is -2.47. The van der Waals surface area contributed by atoms with E-state index in [1.165, 1.54) is 12.1 Å². The molecule has 0 radical (unpaired) electrons. The lowest BCUT2D eigenvalue weighted by atomic mass is 9.91. The van der Waals surface area contributed by atoms with Crippen LogP contribution in [0.1, 0.15) is 24.1 Å². The number of rotatable bonds is 5. The molecule has 1 saturated heterocycles. The fourth-order valence-electron chi connectivity index (χ4n) is 4.24. The van der Waals surface area contributed by atoms with Gasteiger partial charge in [-0.2, -0.15) is 0 Å². The predicted molar refractivity (Wildman–Crippen MR) is 117 cm³/mol. The summed E-state index contributed by atoms with van der Waals surface area (Å²) in [6.07, 6.45) is 1.92. The average molecular weight is 442 g/mol. The number of aryl methyl sites for hydroxylation is 1. The standard InChI is InChI=1S/C23H25F3N6/c1-14-8-20-21(12-27-14)30-23(22(29-20)28-18-9-17(25)10-18)32-6-4-31(5-7-32)13-15-2-3-16(24)11-19(15)26/h2-3,8,11-12,17-18H,4-7,9-10,13H2,1H3,(H,28,29)/t17-,18-. The molecule has 168 valence electrons. The molecule has 1 N–H and O–H groups in total. The molecular weight excluding hydrogens is 417 g/mol. The van der Waals surface area contributed by atoms with Gasteiger partial charge in [0, 0.05) is 56.1 Å². The predicted octanol–water partition coefficient (Wildman–Crippen LogP) is 3.85. The summed E-state index contributed by atoms with van der Waals surface area (Å²) in [7, 11) is 0. The van der Waals surface area contributed by atoms with Gasteiger partial charge in [0.2, 0.25) is 0 Å². The number of anilines is 2. The summed E-state index contributed by atoms with van der Waals surface area (Å²) in [5.41, 5.74) is 2.81. The maximum absolute atomic E-state index is 14.0. The molecule has 6 nitrogen and oxygen atoms in total. The summed E-state index contributed by atoms with van der Waals surface area (Å²) >= 11 is 0. The van der Waals surface area contributed by atoms with Crippen molar-refractivity contribution < 1.29 is 13.2 Å². The van der Waals surface area contributed by atoms with Crippen molar-refractivity contribution in [2.75, 3.05) is 36.4 Å². The molecule has 1 aromatic carbocycles. The first-order valence-electron chi connectivity index (χ1n) is 10.9. The first-order valence-corrected chi connectivity index (χ1v) is 10.9. The van der Waals surface area contributed by atoms with Crippen molar-refractivity contribution in [2.45, 2.75) is 38.5 Å². The second-order valence-corrected chi connectivity index (χ2v) is 8.62. The van der Waals surface area contributed by atoms with Crippen molar-refractivity contribution in [1.29, 1.82) is 0 Å². The van der Waals surface area contributed by atoms with Crippen molar-refractivity contribution in [1.82, 2.24) is 19.9 Å². The first kappa shape index (κ1) is 20.9. The third-order valence-corrected chi connectivity index (χ3v) is 6.17. The van der Waals surface area contributed by atoms with E-state index in [-0.39, 0.29) is 6.04 Å². The Morgan fingerprint density at radius 3 is 2.53 bits per heavy atom. The van der Waals surface area contributed by atoms with Gasteiger partial charge in [-0.15, -0.1) is 0 Å². The number of piperazine rings is 1. The number of aromatic nitrogens is 3. The fourth-order valence-corrected chi connectivity index (χ4v) is 4.24. The smallest absolute Gasteiger partial charge is 0.172 e. The van der Waals surface area contributed by atoms with Crippen LogP contribution in [0.5, 0.6) is 0 Å². The van der Waals surface area contributed by atoms with Crippen LogP contribution in [0.4, 0.5) is 24.8 Å². The van der Waals surface area contributed by atoms with Gasteiger partial charge in [0.15, 0.2) is 11.6 Å². The van der Waals surface area contributed by atoms with E-state index in [0.717, 1.165) is 23.1 Å². The van der Waals surface area contributed by atoms with Crippen LogP contribution in [0.15, 0.2) is 30.5 Å². The van der Waals surface area contributed by atoms with E-state index in [0.29, 0.717) is 62.5 Å². The molecule has 1 saturated carbocycles. The van der Waals surface area contributed by atoms with Gasteiger partial charge in [0.25, 0.3) is 0 Å². The highest BCUT2D eigenvalue weighted by Gasteiger charge is 2.31. The second kappa shape index (κ2) is 8.54. The van der Waals surface area contributed by atoms with E-state index in [4.69, 9.17) is 9.97 Å². The number of nitrogens with zero attached hydrogens (tertiary/aromatic N) is 5. The number of pyridine rings is 1. The molecule has 1 aliphatic carbocycles. The molecule has 0 amide bonds. The summed E-state index contributed by atoms with van der Waals surface area (Å²) in [5, 5.41) is 3.38. The van der Waals surface area contributed by atoms with Crippen molar-refractivity contribution in [3.8, 4) is 0 Å². The Morgan fingerprint density at radius 1 is 1.03 bits per heavy atom. The molecule has 0 unspecified atom stereocenters. The summed E-state index contributed by atoms with van der Waals surface area (Å²) in [6.45, 7) is 5.12. The van der Waals surface area contributed by atoms with Crippen LogP contribution in [0.2, 0.25) is 0 Å². The van der Waals surface area contributed by atoms with E-state index in [2.05, 4.69) is 20.1 Å². The van der Waals surface area contributed by atoms with Gasteiger partial charge in [0.05, 0.1) is 11.7 Å². The molecule has 1 aliphatic heterocycles. The number of alkyl halides is 1. The number of fused-ring (bicyclic) bond motifs is 1. The van der Waals surface area contributed by atoms with E-state index >= 15 is 0 Å². The second-order valence-electron chi connectivity index (χ2n) is 8.62. The van der Waals surface area contributed by atoms with E-state index in [1.54, 1.807) is 6.20 Å². The quantitative estimate of drug-likeness (QED) is 0.648. The Balaban J connectivity index is 1.34. The van der Waals surface area contributed by atoms with Crippen LogP contribution in [0.3, 0.4) is 0 Å². The van der Waals surface area contributed by atoms with Gasteiger partial charge in [-0.05, 0) is 31.9 Å². The fraction of sp³-hybridized carbons (Fsp3) is 0.435. The topological polar surface area (TPSA) is 57.2 Å². The third-order valence-electron chi connectivity index (χ3n) is 6.17. The Bertz CT molecular complexity index is 1130. The summed E-state index contributed by atoms with van der Waals surface area (Å²) in [6, 6.07) is 5.66. The van der Waals surface area contributed by atoms with Crippen molar-refractivity contribution >= 4 is 22.7 Å². The van der Waals surface area contributed by atoms with Crippen LogP contribution in [-0.2, 0) is 6.54 Å².